The van der Waals surface area contributed by atoms with Gasteiger partial charge in [-0.25, -0.2) is 0 Å². The van der Waals surface area contributed by atoms with E-state index in [4.69, 9.17) is 18.9 Å². The minimum Gasteiger partial charge on any atom is -0.496 e. The Bertz CT molecular complexity index is 1750. The summed E-state index contributed by atoms with van der Waals surface area (Å²) in [7, 11) is 3.45. The van der Waals surface area contributed by atoms with E-state index in [1.807, 2.05) is 0 Å². The molecule has 0 aromatic heterocycles. The highest BCUT2D eigenvalue weighted by molar-refractivity contribution is 5.99. The molecule has 0 aliphatic carbocycles. The molecule has 0 bridgehead atoms. The molecular weight excluding hydrogens is 508 g/mol. The van der Waals surface area contributed by atoms with Crippen LogP contribution in [0.25, 0.3) is 33.7 Å². The van der Waals surface area contributed by atoms with Crippen molar-refractivity contribution in [3.05, 3.63) is 81.4 Å². The van der Waals surface area contributed by atoms with E-state index in [0.717, 1.165) is 44.5 Å². The number of hydrogen-bond donors (Lipinski definition) is 0. The number of hydrogen-bond acceptors (Lipinski definition) is 4. The van der Waals surface area contributed by atoms with Gasteiger partial charge in [-0.3, -0.25) is 0 Å². The zero-order chi connectivity index (χ0) is 29.9. The quantitative estimate of drug-likeness (QED) is 0.249. The van der Waals surface area contributed by atoms with Gasteiger partial charge in [0.15, 0.2) is 0 Å². The van der Waals surface area contributed by atoms with Gasteiger partial charge in [-0.1, -0.05) is 12.2 Å². The first kappa shape index (κ1) is 28.6. The van der Waals surface area contributed by atoms with Gasteiger partial charge in [0, 0.05) is 32.7 Å². The second kappa shape index (κ2) is 10.2. The summed E-state index contributed by atoms with van der Waals surface area (Å²) in [6.45, 7) is 18.9. The summed E-state index contributed by atoms with van der Waals surface area (Å²) in [5.41, 5.74) is 7.81. The van der Waals surface area contributed by atoms with Crippen molar-refractivity contribution < 1.29 is 18.9 Å². The number of methoxy groups -OCH3 is 2. The molecule has 0 N–H and O–H groups in total. The Kier molecular flexibility index (Phi) is 7.09. The summed E-state index contributed by atoms with van der Waals surface area (Å²) in [5.74, 6) is 3.79. The van der Waals surface area contributed by atoms with Crippen molar-refractivity contribution in [1.82, 2.24) is 0 Å². The van der Waals surface area contributed by atoms with Gasteiger partial charge in [-0.05, 0) is 133 Å². The Labute approximate surface area is 244 Å². The summed E-state index contributed by atoms with van der Waals surface area (Å²) < 4.78 is 23.7. The van der Waals surface area contributed by atoms with E-state index < -0.39 is 0 Å². The minimum atomic E-state index is -0.278. The van der Waals surface area contributed by atoms with Gasteiger partial charge in [-0.15, -0.1) is 0 Å². The maximum absolute atomic E-state index is 6.27. The third kappa shape index (κ3) is 5.16. The third-order valence-electron chi connectivity index (χ3n) is 8.12. The van der Waals surface area contributed by atoms with Gasteiger partial charge in [0.2, 0.25) is 0 Å². The van der Waals surface area contributed by atoms with Gasteiger partial charge >= 0.3 is 0 Å². The molecule has 4 nitrogen and oxygen atoms in total. The van der Waals surface area contributed by atoms with Crippen LogP contribution in [-0.2, 0) is 0 Å². The first-order valence-electron chi connectivity index (χ1n) is 14.2. The molecule has 2 heterocycles. The van der Waals surface area contributed by atoms with Crippen molar-refractivity contribution in [2.24, 2.45) is 0 Å². The Balaban J connectivity index is 0.000000165. The Morgan fingerprint density at radius 1 is 0.561 bits per heavy atom. The molecular formula is C37H42O4. The molecule has 0 saturated heterocycles. The average molecular weight is 551 g/mol. The van der Waals surface area contributed by atoms with Gasteiger partial charge < -0.3 is 18.9 Å². The van der Waals surface area contributed by atoms with Gasteiger partial charge in [0.1, 0.15) is 34.2 Å². The van der Waals surface area contributed by atoms with Crippen LogP contribution in [0.2, 0.25) is 0 Å². The molecule has 6 rings (SSSR count). The molecule has 4 aromatic carbocycles. The summed E-state index contributed by atoms with van der Waals surface area (Å²) in [5, 5.41) is 4.50. The van der Waals surface area contributed by atoms with Gasteiger partial charge in [-0.2, -0.15) is 0 Å². The van der Waals surface area contributed by atoms with Crippen LogP contribution in [-0.4, -0.2) is 25.4 Å². The van der Waals surface area contributed by atoms with E-state index in [-0.39, 0.29) is 11.2 Å². The van der Waals surface area contributed by atoms with Crippen molar-refractivity contribution >= 4 is 33.7 Å². The molecule has 2 aliphatic heterocycles. The molecule has 0 atom stereocenters. The standard InChI is InChI=1S/C19H22O2.C18H20O2/c1-11-9-16-15(17(20-6)13(11)3)10-12(2)14-7-8-19(4,5)21-18(14)16;1-11-8-15-14(16(9-11)19-5)10-12(2)13-6-7-18(3,4)20-17(13)15/h7-10H,1-6H3;6-10H,1-5H3. The van der Waals surface area contributed by atoms with Crippen LogP contribution >= 0.6 is 0 Å². The van der Waals surface area contributed by atoms with E-state index in [1.54, 1.807) is 14.2 Å². The molecule has 41 heavy (non-hydrogen) atoms. The van der Waals surface area contributed by atoms with E-state index in [2.05, 4.69) is 117 Å². The van der Waals surface area contributed by atoms with Gasteiger partial charge in [0.25, 0.3) is 0 Å². The Morgan fingerprint density at radius 2 is 1.05 bits per heavy atom. The van der Waals surface area contributed by atoms with Crippen molar-refractivity contribution in [1.29, 1.82) is 0 Å². The van der Waals surface area contributed by atoms with Crippen LogP contribution in [0.15, 0.2) is 42.5 Å². The lowest BCUT2D eigenvalue weighted by atomic mass is 9.92. The fraction of sp³-hybridized carbons (Fsp3) is 0.351. The number of ether oxygens (including phenoxy) is 4. The molecule has 0 unspecified atom stereocenters. The lowest BCUT2D eigenvalue weighted by molar-refractivity contribution is 0.161. The zero-order valence-electron chi connectivity index (χ0n) is 26.3. The van der Waals surface area contributed by atoms with Crippen molar-refractivity contribution in [3.8, 4) is 23.0 Å². The van der Waals surface area contributed by atoms with Crippen LogP contribution in [0.5, 0.6) is 23.0 Å². The molecule has 0 spiro atoms. The van der Waals surface area contributed by atoms with Crippen LogP contribution < -0.4 is 18.9 Å². The van der Waals surface area contributed by atoms with E-state index in [1.165, 1.54) is 38.9 Å². The molecule has 0 radical (unpaired) electrons. The smallest absolute Gasteiger partial charge is 0.136 e. The van der Waals surface area contributed by atoms with Crippen molar-refractivity contribution in [3.63, 3.8) is 0 Å². The second-order valence-electron chi connectivity index (χ2n) is 12.5. The number of fused-ring (bicyclic) bond motifs is 6. The largest absolute Gasteiger partial charge is 0.496 e. The first-order valence-corrected chi connectivity index (χ1v) is 14.2. The lowest BCUT2D eigenvalue weighted by Gasteiger charge is -2.30. The summed E-state index contributed by atoms with van der Waals surface area (Å²) >= 11 is 0. The SMILES string of the molecule is COc1c(C)c(C)cc2c3c(c(C)cc12)C=CC(C)(C)O3.COc1cc(C)cc2c3c(c(C)cc12)C=CC(C)(C)O3. The number of benzene rings is 4. The number of rotatable bonds is 2. The highest BCUT2D eigenvalue weighted by atomic mass is 16.5. The second-order valence-corrected chi connectivity index (χ2v) is 12.5. The molecule has 0 saturated carbocycles. The van der Waals surface area contributed by atoms with Crippen LogP contribution in [0.4, 0.5) is 0 Å². The van der Waals surface area contributed by atoms with Gasteiger partial charge in [0.05, 0.1) is 14.2 Å². The predicted molar refractivity (Wildman–Crippen MR) is 172 cm³/mol. The summed E-state index contributed by atoms with van der Waals surface area (Å²) in [4.78, 5) is 0. The number of aryl methyl sites for hydroxylation is 4. The fourth-order valence-corrected chi connectivity index (χ4v) is 5.80. The summed E-state index contributed by atoms with van der Waals surface area (Å²) in [6.07, 6.45) is 8.57. The first-order chi connectivity index (χ1) is 19.2. The molecule has 0 amide bonds. The molecule has 2 aliphatic rings. The Morgan fingerprint density at radius 3 is 1.56 bits per heavy atom. The topological polar surface area (TPSA) is 36.9 Å². The van der Waals surface area contributed by atoms with E-state index in [9.17, 15) is 0 Å². The predicted octanol–water partition coefficient (Wildman–Crippen LogP) is 9.61. The molecule has 0 fully saturated rings. The van der Waals surface area contributed by atoms with E-state index >= 15 is 0 Å². The highest BCUT2D eigenvalue weighted by Gasteiger charge is 2.27. The van der Waals surface area contributed by atoms with Crippen LogP contribution in [0.3, 0.4) is 0 Å². The zero-order valence-corrected chi connectivity index (χ0v) is 26.3. The fourth-order valence-electron chi connectivity index (χ4n) is 5.80. The third-order valence-corrected chi connectivity index (χ3v) is 8.12. The monoisotopic (exact) mass is 550 g/mol. The van der Waals surface area contributed by atoms with Crippen molar-refractivity contribution in [2.45, 2.75) is 73.5 Å². The minimum absolute atomic E-state index is 0.273. The van der Waals surface area contributed by atoms with E-state index in [0.29, 0.717) is 0 Å². The Hall–Kier alpha value is -3.92. The maximum atomic E-state index is 6.27. The molecule has 4 heteroatoms. The maximum Gasteiger partial charge on any atom is 0.136 e. The van der Waals surface area contributed by atoms with Crippen LogP contribution in [0, 0.1) is 34.6 Å². The normalized spacial score (nSPS) is 15.8. The van der Waals surface area contributed by atoms with Crippen molar-refractivity contribution in [2.75, 3.05) is 14.2 Å². The lowest BCUT2D eigenvalue weighted by Crippen LogP contribution is -2.27. The molecule has 4 aromatic rings. The van der Waals surface area contributed by atoms with Crippen LogP contribution in [0.1, 0.15) is 66.6 Å². The average Bonchev–Trinajstić information content (AvgIpc) is 2.89. The highest BCUT2D eigenvalue weighted by Crippen LogP contribution is 2.44. The summed E-state index contributed by atoms with van der Waals surface area (Å²) in [6, 6.07) is 10.8. The molecule has 214 valence electrons.